The van der Waals surface area contributed by atoms with E-state index in [1.807, 2.05) is 23.1 Å². The first kappa shape index (κ1) is 17.6. The number of rotatable bonds is 2. The number of carbonyl (C=O) groups is 1. The van der Waals surface area contributed by atoms with Crippen molar-refractivity contribution in [1.29, 1.82) is 5.26 Å². The van der Waals surface area contributed by atoms with Gasteiger partial charge in [0.2, 0.25) is 5.91 Å². The molecule has 0 unspecified atom stereocenters. The summed E-state index contributed by atoms with van der Waals surface area (Å²) >= 11 is 0. The summed E-state index contributed by atoms with van der Waals surface area (Å²) in [6.45, 7) is 8.21. The van der Waals surface area contributed by atoms with Gasteiger partial charge in [-0.2, -0.15) is 10.4 Å². The fourth-order valence-corrected chi connectivity index (χ4v) is 4.23. The van der Waals surface area contributed by atoms with Crippen molar-refractivity contribution >= 4 is 17.4 Å². The molecule has 27 heavy (non-hydrogen) atoms. The standard InChI is InChI=1S/C21H25N5O/c1-14(2)26-20-8-10-24(15(3)27)13-18(20)21(23-26)25-9-4-5-17-11-16(12-22)6-7-19(17)25/h6-7,11,14H,4-5,8-10,13H2,1-3H3. The van der Waals surface area contributed by atoms with Gasteiger partial charge in [0.15, 0.2) is 5.82 Å². The van der Waals surface area contributed by atoms with Crippen LogP contribution in [-0.4, -0.2) is 33.7 Å². The molecule has 0 atom stereocenters. The average molecular weight is 363 g/mol. The number of nitrogens with zero attached hydrogens (tertiary/aromatic N) is 5. The maximum atomic E-state index is 12.0. The van der Waals surface area contributed by atoms with Crippen LogP contribution >= 0.6 is 0 Å². The van der Waals surface area contributed by atoms with E-state index in [1.165, 1.54) is 16.8 Å². The predicted molar refractivity (Wildman–Crippen MR) is 104 cm³/mol. The lowest BCUT2D eigenvalue weighted by atomic mass is 9.98. The lowest BCUT2D eigenvalue weighted by molar-refractivity contribution is -0.129. The Morgan fingerprint density at radius 2 is 2.07 bits per heavy atom. The molecule has 6 heteroatoms. The minimum atomic E-state index is 0.113. The summed E-state index contributed by atoms with van der Waals surface area (Å²) in [4.78, 5) is 16.1. The van der Waals surface area contributed by atoms with Crippen molar-refractivity contribution in [2.24, 2.45) is 0 Å². The number of aryl methyl sites for hydroxylation is 1. The van der Waals surface area contributed by atoms with Gasteiger partial charge in [-0.25, -0.2) is 0 Å². The largest absolute Gasteiger partial charge is 0.338 e. The molecule has 0 radical (unpaired) electrons. The van der Waals surface area contributed by atoms with Gasteiger partial charge in [-0.3, -0.25) is 9.48 Å². The van der Waals surface area contributed by atoms with Crippen molar-refractivity contribution in [2.75, 3.05) is 18.0 Å². The van der Waals surface area contributed by atoms with Crippen molar-refractivity contribution < 1.29 is 4.79 Å². The molecule has 4 rings (SSSR count). The van der Waals surface area contributed by atoms with Crippen molar-refractivity contribution in [1.82, 2.24) is 14.7 Å². The van der Waals surface area contributed by atoms with Crippen molar-refractivity contribution in [3.8, 4) is 6.07 Å². The summed E-state index contributed by atoms with van der Waals surface area (Å²) < 4.78 is 2.13. The molecule has 0 N–H and O–H groups in total. The predicted octanol–water partition coefficient (Wildman–Crippen LogP) is 3.32. The van der Waals surface area contributed by atoms with Crippen LogP contribution in [-0.2, 0) is 24.2 Å². The van der Waals surface area contributed by atoms with Crippen LogP contribution < -0.4 is 4.90 Å². The van der Waals surface area contributed by atoms with Crippen LogP contribution in [0.15, 0.2) is 18.2 Å². The van der Waals surface area contributed by atoms with E-state index in [-0.39, 0.29) is 11.9 Å². The highest BCUT2D eigenvalue weighted by Crippen LogP contribution is 2.38. The van der Waals surface area contributed by atoms with Crippen LogP contribution in [0.5, 0.6) is 0 Å². The Morgan fingerprint density at radius 3 is 2.78 bits per heavy atom. The molecule has 2 aromatic rings. The number of amides is 1. The van der Waals surface area contributed by atoms with Gasteiger partial charge in [-0.15, -0.1) is 0 Å². The molecule has 2 aliphatic heterocycles. The number of benzene rings is 1. The normalized spacial score (nSPS) is 16.1. The van der Waals surface area contributed by atoms with E-state index >= 15 is 0 Å². The monoisotopic (exact) mass is 363 g/mol. The molecule has 0 fully saturated rings. The van der Waals surface area contributed by atoms with E-state index in [9.17, 15) is 10.1 Å². The van der Waals surface area contributed by atoms with Crippen LogP contribution in [0.25, 0.3) is 0 Å². The zero-order chi connectivity index (χ0) is 19.1. The number of carbonyl (C=O) groups excluding carboxylic acids is 1. The van der Waals surface area contributed by atoms with Gasteiger partial charge in [0.05, 0.1) is 18.2 Å². The molecule has 1 aromatic carbocycles. The number of hydrogen-bond donors (Lipinski definition) is 0. The summed E-state index contributed by atoms with van der Waals surface area (Å²) in [5, 5.41) is 14.2. The summed E-state index contributed by atoms with van der Waals surface area (Å²) in [5.41, 5.74) is 5.46. The number of hydrogen-bond acceptors (Lipinski definition) is 4. The lowest BCUT2D eigenvalue weighted by Crippen LogP contribution is -2.35. The molecular weight excluding hydrogens is 338 g/mol. The number of anilines is 2. The second-order valence-electron chi connectivity index (χ2n) is 7.69. The van der Waals surface area contributed by atoms with E-state index in [4.69, 9.17) is 5.10 Å². The van der Waals surface area contributed by atoms with Gasteiger partial charge < -0.3 is 9.80 Å². The van der Waals surface area contributed by atoms with Gasteiger partial charge in [0.25, 0.3) is 0 Å². The second-order valence-corrected chi connectivity index (χ2v) is 7.69. The maximum absolute atomic E-state index is 12.0. The zero-order valence-electron chi connectivity index (χ0n) is 16.2. The lowest BCUT2D eigenvalue weighted by Gasteiger charge is -2.32. The van der Waals surface area contributed by atoms with E-state index in [2.05, 4.69) is 29.5 Å². The molecule has 3 heterocycles. The third-order valence-electron chi connectivity index (χ3n) is 5.58. The Hall–Kier alpha value is -2.81. The Balaban J connectivity index is 1.82. The quantitative estimate of drug-likeness (QED) is 0.821. The summed E-state index contributed by atoms with van der Waals surface area (Å²) in [6, 6.07) is 8.43. The average Bonchev–Trinajstić information content (AvgIpc) is 3.06. The topological polar surface area (TPSA) is 65.2 Å². The highest BCUT2D eigenvalue weighted by molar-refractivity contribution is 5.75. The number of nitriles is 1. The molecule has 0 bridgehead atoms. The molecule has 2 aliphatic rings. The Kier molecular flexibility index (Phi) is 4.39. The minimum Gasteiger partial charge on any atom is -0.338 e. The van der Waals surface area contributed by atoms with Gasteiger partial charge in [-0.1, -0.05) is 0 Å². The van der Waals surface area contributed by atoms with Crippen LogP contribution in [0.1, 0.15) is 55.6 Å². The van der Waals surface area contributed by atoms with Gasteiger partial charge in [-0.05, 0) is 50.5 Å². The third kappa shape index (κ3) is 2.97. The summed E-state index contributed by atoms with van der Waals surface area (Å²) in [7, 11) is 0. The molecule has 0 aliphatic carbocycles. The first-order valence-corrected chi connectivity index (χ1v) is 9.66. The maximum Gasteiger partial charge on any atom is 0.219 e. The molecule has 1 aromatic heterocycles. The van der Waals surface area contributed by atoms with E-state index in [1.54, 1.807) is 6.92 Å². The Morgan fingerprint density at radius 1 is 1.26 bits per heavy atom. The highest BCUT2D eigenvalue weighted by atomic mass is 16.2. The molecule has 0 saturated heterocycles. The minimum absolute atomic E-state index is 0.113. The summed E-state index contributed by atoms with van der Waals surface area (Å²) in [6.07, 6.45) is 2.85. The van der Waals surface area contributed by atoms with Crippen LogP contribution in [0, 0.1) is 11.3 Å². The Labute approximate surface area is 160 Å². The fraction of sp³-hybridized carbons (Fsp3) is 0.476. The van der Waals surface area contributed by atoms with Crippen LogP contribution in [0.3, 0.4) is 0 Å². The third-order valence-corrected chi connectivity index (χ3v) is 5.58. The summed E-state index contributed by atoms with van der Waals surface area (Å²) in [5.74, 6) is 1.08. The molecule has 6 nitrogen and oxygen atoms in total. The fourth-order valence-electron chi connectivity index (χ4n) is 4.23. The van der Waals surface area contributed by atoms with Gasteiger partial charge in [0.1, 0.15) is 0 Å². The molecule has 0 saturated carbocycles. The van der Waals surface area contributed by atoms with E-state index in [0.29, 0.717) is 12.1 Å². The number of fused-ring (bicyclic) bond motifs is 2. The molecule has 1 amide bonds. The van der Waals surface area contributed by atoms with Crippen LogP contribution in [0.2, 0.25) is 0 Å². The van der Waals surface area contributed by atoms with Crippen molar-refractivity contribution in [3.05, 3.63) is 40.6 Å². The van der Waals surface area contributed by atoms with E-state index in [0.717, 1.165) is 43.9 Å². The second kappa shape index (κ2) is 6.73. The molecule has 0 spiro atoms. The van der Waals surface area contributed by atoms with E-state index < -0.39 is 0 Å². The molecular formula is C21H25N5O. The zero-order valence-corrected chi connectivity index (χ0v) is 16.2. The Bertz CT molecular complexity index is 937. The van der Waals surface area contributed by atoms with Crippen LogP contribution in [0.4, 0.5) is 11.5 Å². The SMILES string of the molecule is CC(=O)N1CCc2c(c(N3CCCc4cc(C#N)ccc43)nn2C(C)C)C1. The van der Waals surface area contributed by atoms with Crippen molar-refractivity contribution in [2.45, 2.75) is 52.6 Å². The van der Waals surface area contributed by atoms with Gasteiger partial charge >= 0.3 is 0 Å². The van der Waals surface area contributed by atoms with Crippen molar-refractivity contribution in [3.63, 3.8) is 0 Å². The highest BCUT2D eigenvalue weighted by Gasteiger charge is 2.31. The molecule has 140 valence electrons. The number of aromatic nitrogens is 2. The first-order valence-electron chi connectivity index (χ1n) is 9.66. The smallest absolute Gasteiger partial charge is 0.219 e. The first-order chi connectivity index (χ1) is 13.0. The van der Waals surface area contributed by atoms with Gasteiger partial charge in [0, 0.05) is 49.4 Å².